The van der Waals surface area contributed by atoms with Crippen LogP contribution >= 0.6 is 12.2 Å². The summed E-state index contributed by atoms with van der Waals surface area (Å²) in [5.41, 5.74) is 4.81. The number of para-hydroxylation sites is 1. The lowest BCUT2D eigenvalue weighted by atomic mass is 9.96. The van der Waals surface area contributed by atoms with Gasteiger partial charge in [-0.25, -0.2) is 0 Å². The molecule has 1 fully saturated rings. The van der Waals surface area contributed by atoms with Crippen molar-refractivity contribution in [2.45, 2.75) is 65.0 Å². The molecule has 0 aromatic heterocycles. The molecule has 1 N–H and O–H groups in total. The number of aryl methyl sites for hydroxylation is 1. The SMILES string of the molecule is COc1cccc(CN(C(=S)Nc2cccc(C)c2C(C)C)C2CCCC2)c1OC. The van der Waals surface area contributed by atoms with E-state index in [1.54, 1.807) is 14.2 Å². The van der Waals surface area contributed by atoms with Crippen molar-refractivity contribution < 1.29 is 9.47 Å². The second kappa shape index (κ2) is 10.2. The standard InChI is InChI=1S/C25H34N2O2S/c1-17(2)23-18(3)10-8-14-21(23)26-25(30)27(20-12-6-7-13-20)16-19-11-9-15-22(28-4)24(19)29-5/h8-11,14-15,17,20H,6-7,12-13,16H2,1-5H3,(H,26,30). The minimum absolute atomic E-state index is 0.426. The molecule has 0 bridgehead atoms. The van der Waals surface area contributed by atoms with Crippen LogP contribution in [0, 0.1) is 6.92 Å². The van der Waals surface area contributed by atoms with Gasteiger partial charge >= 0.3 is 0 Å². The van der Waals surface area contributed by atoms with E-state index >= 15 is 0 Å². The Morgan fingerprint density at radius 3 is 2.43 bits per heavy atom. The van der Waals surface area contributed by atoms with Crippen molar-refractivity contribution in [1.29, 1.82) is 0 Å². The number of ether oxygens (including phenoxy) is 2. The number of methoxy groups -OCH3 is 2. The van der Waals surface area contributed by atoms with E-state index in [9.17, 15) is 0 Å². The van der Waals surface area contributed by atoms with Gasteiger partial charge in [-0.05, 0) is 61.2 Å². The quantitative estimate of drug-likeness (QED) is 0.527. The van der Waals surface area contributed by atoms with Crippen molar-refractivity contribution in [3.8, 4) is 11.5 Å². The van der Waals surface area contributed by atoms with Crippen molar-refractivity contribution >= 4 is 23.0 Å². The van der Waals surface area contributed by atoms with Crippen LogP contribution in [0.1, 0.15) is 62.1 Å². The molecule has 1 aliphatic rings. The van der Waals surface area contributed by atoms with Crippen molar-refractivity contribution in [2.75, 3.05) is 19.5 Å². The Balaban J connectivity index is 1.90. The summed E-state index contributed by atoms with van der Waals surface area (Å²) in [6.45, 7) is 7.32. The third-order valence-electron chi connectivity index (χ3n) is 5.99. The maximum Gasteiger partial charge on any atom is 0.173 e. The Labute approximate surface area is 186 Å². The van der Waals surface area contributed by atoms with E-state index in [4.69, 9.17) is 21.7 Å². The van der Waals surface area contributed by atoms with Crippen LogP contribution in [0.5, 0.6) is 11.5 Å². The van der Waals surface area contributed by atoms with E-state index < -0.39 is 0 Å². The van der Waals surface area contributed by atoms with Crippen LogP contribution in [0.15, 0.2) is 36.4 Å². The first-order valence-electron chi connectivity index (χ1n) is 10.8. The molecule has 30 heavy (non-hydrogen) atoms. The number of benzene rings is 2. The maximum atomic E-state index is 5.97. The van der Waals surface area contributed by atoms with Crippen molar-refractivity contribution in [2.24, 2.45) is 0 Å². The van der Waals surface area contributed by atoms with Crippen LogP contribution in [-0.4, -0.2) is 30.3 Å². The van der Waals surface area contributed by atoms with E-state index in [0.717, 1.165) is 27.9 Å². The molecule has 3 rings (SSSR count). The molecular formula is C25H34N2O2S. The van der Waals surface area contributed by atoms with E-state index in [1.807, 2.05) is 12.1 Å². The van der Waals surface area contributed by atoms with Gasteiger partial charge in [0.1, 0.15) is 0 Å². The van der Waals surface area contributed by atoms with E-state index in [0.29, 0.717) is 18.5 Å². The summed E-state index contributed by atoms with van der Waals surface area (Å²) in [5.74, 6) is 1.96. The van der Waals surface area contributed by atoms with Gasteiger partial charge in [0, 0.05) is 23.8 Å². The topological polar surface area (TPSA) is 33.7 Å². The first kappa shape index (κ1) is 22.4. The molecule has 0 atom stereocenters. The van der Waals surface area contributed by atoms with Crippen molar-refractivity contribution in [3.63, 3.8) is 0 Å². The van der Waals surface area contributed by atoms with Crippen molar-refractivity contribution in [1.82, 2.24) is 4.90 Å². The fourth-order valence-corrected chi connectivity index (χ4v) is 4.91. The van der Waals surface area contributed by atoms with Gasteiger partial charge in [-0.15, -0.1) is 0 Å². The largest absolute Gasteiger partial charge is 0.493 e. The summed E-state index contributed by atoms with van der Waals surface area (Å²) in [5, 5.41) is 4.36. The highest BCUT2D eigenvalue weighted by atomic mass is 32.1. The summed E-state index contributed by atoms with van der Waals surface area (Å²) >= 11 is 5.97. The fraction of sp³-hybridized carbons (Fsp3) is 0.480. The van der Waals surface area contributed by atoms with Gasteiger partial charge in [0.2, 0.25) is 0 Å². The molecule has 0 unspecified atom stereocenters. The summed E-state index contributed by atoms with van der Waals surface area (Å²) in [6, 6.07) is 12.9. The molecule has 1 saturated carbocycles. The Morgan fingerprint density at radius 2 is 1.80 bits per heavy atom. The normalized spacial score (nSPS) is 14.1. The first-order chi connectivity index (χ1) is 14.5. The molecule has 162 valence electrons. The molecule has 0 amide bonds. The molecule has 4 nitrogen and oxygen atoms in total. The molecule has 0 aliphatic heterocycles. The molecule has 5 heteroatoms. The first-order valence-corrected chi connectivity index (χ1v) is 11.2. The Morgan fingerprint density at radius 1 is 1.10 bits per heavy atom. The minimum Gasteiger partial charge on any atom is -0.493 e. The lowest BCUT2D eigenvalue weighted by molar-refractivity contribution is 0.300. The molecule has 2 aromatic carbocycles. The Hall–Kier alpha value is -2.27. The van der Waals surface area contributed by atoms with E-state index in [1.165, 1.54) is 36.8 Å². The number of hydrogen-bond acceptors (Lipinski definition) is 3. The molecule has 0 heterocycles. The third-order valence-corrected chi connectivity index (χ3v) is 6.33. The zero-order valence-corrected chi connectivity index (χ0v) is 19.6. The van der Waals surface area contributed by atoms with E-state index in [2.05, 4.69) is 55.3 Å². The van der Waals surface area contributed by atoms with Gasteiger partial charge in [-0.1, -0.05) is 51.0 Å². The fourth-order valence-electron chi connectivity index (χ4n) is 4.59. The molecular weight excluding hydrogens is 392 g/mol. The van der Waals surface area contributed by atoms with Gasteiger partial charge in [0.15, 0.2) is 16.6 Å². The second-order valence-corrected chi connectivity index (χ2v) is 8.73. The predicted molar refractivity (Wildman–Crippen MR) is 129 cm³/mol. The van der Waals surface area contributed by atoms with Crippen molar-refractivity contribution in [3.05, 3.63) is 53.1 Å². The summed E-state index contributed by atoms with van der Waals surface area (Å²) in [6.07, 6.45) is 4.83. The van der Waals surface area contributed by atoms with Crippen LogP contribution in [0.25, 0.3) is 0 Å². The average Bonchev–Trinajstić information content (AvgIpc) is 3.25. The highest BCUT2D eigenvalue weighted by Crippen LogP contribution is 2.34. The number of anilines is 1. The maximum absolute atomic E-state index is 5.97. The van der Waals surface area contributed by atoms with Crippen LogP contribution < -0.4 is 14.8 Å². The molecule has 0 spiro atoms. The van der Waals surface area contributed by atoms with Gasteiger partial charge < -0.3 is 19.7 Å². The number of nitrogens with zero attached hydrogens (tertiary/aromatic N) is 1. The number of hydrogen-bond donors (Lipinski definition) is 1. The van der Waals surface area contributed by atoms with Gasteiger partial charge in [0.05, 0.1) is 14.2 Å². The van der Waals surface area contributed by atoms with Crippen LogP contribution in [0.4, 0.5) is 5.69 Å². The summed E-state index contributed by atoms with van der Waals surface area (Å²) in [7, 11) is 3.37. The Kier molecular flexibility index (Phi) is 7.59. The van der Waals surface area contributed by atoms with Crippen LogP contribution in [-0.2, 0) is 6.54 Å². The number of thiocarbonyl (C=S) groups is 1. The van der Waals surface area contributed by atoms with Crippen LogP contribution in [0.2, 0.25) is 0 Å². The van der Waals surface area contributed by atoms with Gasteiger partial charge in [-0.3, -0.25) is 0 Å². The average molecular weight is 427 g/mol. The number of nitrogens with one attached hydrogen (secondary N) is 1. The Bertz CT molecular complexity index is 875. The zero-order chi connectivity index (χ0) is 21.7. The van der Waals surface area contributed by atoms with E-state index in [-0.39, 0.29) is 0 Å². The third kappa shape index (κ3) is 4.89. The van der Waals surface area contributed by atoms with Crippen LogP contribution in [0.3, 0.4) is 0 Å². The number of rotatable bonds is 7. The molecule has 0 saturated heterocycles. The molecule has 2 aromatic rings. The smallest absolute Gasteiger partial charge is 0.173 e. The highest BCUT2D eigenvalue weighted by Gasteiger charge is 2.27. The summed E-state index contributed by atoms with van der Waals surface area (Å²) < 4.78 is 11.2. The van der Waals surface area contributed by atoms with Gasteiger partial charge in [0.25, 0.3) is 0 Å². The monoisotopic (exact) mass is 426 g/mol. The second-order valence-electron chi connectivity index (χ2n) is 8.34. The summed E-state index contributed by atoms with van der Waals surface area (Å²) in [4.78, 5) is 2.34. The molecule has 0 radical (unpaired) electrons. The lowest BCUT2D eigenvalue weighted by Gasteiger charge is -2.33. The predicted octanol–water partition coefficient (Wildman–Crippen LogP) is 6.28. The zero-order valence-electron chi connectivity index (χ0n) is 18.8. The molecule has 1 aliphatic carbocycles. The lowest BCUT2D eigenvalue weighted by Crippen LogP contribution is -2.41. The highest BCUT2D eigenvalue weighted by molar-refractivity contribution is 7.80. The minimum atomic E-state index is 0.426. The van der Waals surface area contributed by atoms with Gasteiger partial charge in [-0.2, -0.15) is 0 Å².